The standard InChI is InChI=1S/C16H16BrN3O4/c1-16(2,3)24-15(23)18-14(22)11-8-9(17)7-10-12(5-4-6-21)19-20-13(10)11/h7-8,21H,6H2,1-3H3,(H,19,20)(H,18,22,23). The number of alkyl carbamates (subject to hydrolysis) is 1. The van der Waals surface area contributed by atoms with Crippen LogP contribution < -0.4 is 5.32 Å². The molecule has 0 aliphatic rings. The first kappa shape index (κ1) is 18.0. The van der Waals surface area contributed by atoms with Crippen LogP contribution in [0.15, 0.2) is 16.6 Å². The quantitative estimate of drug-likeness (QED) is 0.644. The second-order valence-corrected chi connectivity index (χ2v) is 6.78. The van der Waals surface area contributed by atoms with E-state index in [-0.39, 0.29) is 12.2 Å². The fraction of sp³-hybridized carbons (Fsp3) is 0.312. The molecule has 24 heavy (non-hydrogen) atoms. The van der Waals surface area contributed by atoms with Gasteiger partial charge in [0.25, 0.3) is 5.91 Å². The number of nitrogens with one attached hydrogen (secondary N) is 2. The lowest BCUT2D eigenvalue weighted by atomic mass is 10.1. The number of hydrogen-bond donors (Lipinski definition) is 3. The molecule has 7 nitrogen and oxygen atoms in total. The number of hydrogen-bond acceptors (Lipinski definition) is 5. The summed E-state index contributed by atoms with van der Waals surface area (Å²) in [5.41, 5.74) is 0.308. The lowest BCUT2D eigenvalue weighted by molar-refractivity contribution is 0.0508. The van der Waals surface area contributed by atoms with E-state index >= 15 is 0 Å². The maximum Gasteiger partial charge on any atom is 0.414 e. The molecule has 1 aromatic carbocycles. The second kappa shape index (κ2) is 7.03. The molecular formula is C16H16BrN3O4. The highest BCUT2D eigenvalue weighted by Crippen LogP contribution is 2.25. The Bertz CT molecular complexity index is 856. The number of carbonyl (C=O) groups excluding carboxylic acids is 2. The highest BCUT2D eigenvalue weighted by molar-refractivity contribution is 9.10. The summed E-state index contributed by atoms with van der Waals surface area (Å²) in [6.45, 7) is 4.82. The molecule has 0 saturated carbocycles. The van der Waals surface area contributed by atoms with Crippen molar-refractivity contribution in [1.82, 2.24) is 15.5 Å². The lowest BCUT2D eigenvalue weighted by Crippen LogP contribution is -2.36. The SMILES string of the molecule is CC(C)(C)OC(=O)NC(=O)c1cc(Br)cc2c(C#CCO)[nH]nc12. The first-order valence-corrected chi connectivity index (χ1v) is 7.82. The molecule has 0 aliphatic carbocycles. The first-order chi connectivity index (χ1) is 11.2. The molecule has 0 spiro atoms. The maximum atomic E-state index is 12.4. The third-order valence-electron chi connectivity index (χ3n) is 2.78. The van der Waals surface area contributed by atoms with E-state index in [2.05, 4.69) is 43.3 Å². The molecular weight excluding hydrogens is 378 g/mol. The number of amides is 2. The van der Waals surface area contributed by atoms with E-state index in [9.17, 15) is 9.59 Å². The minimum absolute atomic E-state index is 0.193. The number of nitrogens with zero attached hydrogens (tertiary/aromatic N) is 1. The summed E-state index contributed by atoms with van der Waals surface area (Å²) in [6.07, 6.45) is -0.837. The highest BCUT2D eigenvalue weighted by Gasteiger charge is 2.21. The Balaban J connectivity index is 2.36. The molecule has 2 rings (SSSR count). The summed E-state index contributed by atoms with van der Waals surface area (Å²) >= 11 is 3.32. The van der Waals surface area contributed by atoms with Gasteiger partial charge in [0.05, 0.1) is 5.56 Å². The van der Waals surface area contributed by atoms with Gasteiger partial charge in [-0.05, 0) is 38.8 Å². The van der Waals surface area contributed by atoms with E-state index in [1.165, 1.54) is 0 Å². The normalized spacial score (nSPS) is 10.9. The van der Waals surface area contributed by atoms with Crippen LogP contribution in [-0.2, 0) is 4.74 Å². The third-order valence-corrected chi connectivity index (χ3v) is 3.23. The summed E-state index contributed by atoms with van der Waals surface area (Å²) < 4.78 is 5.69. The average molecular weight is 394 g/mol. The van der Waals surface area contributed by atoms with Gasteiger partial charge >= 0.3 is 6.09 Å². The van der Waals surface area contributed by atoms with Crippen LogP contribution in [0.25, 0.3) is 10.9 Å². The minimum Gasteiger partial charge on any atom is -0.444 e. The molecule has 0 atom stereocenters. The van der Waals surface area contributed by atoms with Crippen molar-refractivity contribution in [2.45, 2.75) is 26.4 Å². The number of imide groups is 1. The van der Waals surface area contributed by atoms with Gasteiger partial charge in [0.2, 0.25) is 0 Å². The van der Waals surface area contributed by atoms with E-state index in [1.807, 2.05) is 0 Å². The van der Waals surface area contributed by atoms with Crippen LogP contribution in [-0.4, -0.2) is 39.5 Å². The molecule has 0 radical (unpaired) electrons. The Labute approximate surface area is 146 Å². The van der Waals surface area contributed by atoms with Gasteiger partial charge in [-0.2, -0.15) is 5.10 Å². The topological polar surface area (TPSA) is 104 Å². The number of H-pyrrole nitrogens is 1. The molecule has 1 heterocycles. The Morgan fingerprint density at radius 3 is 2.75 bits per heavy atom. The van der Waals surface area contributed by atoms with Crippen LogP contribution in [0.1, 0.15) is 36.8 Å². The predicted molar refractivity (Wildman–Crippen MR) is 91.5 cm³/mol. The number of aromatic nitrogens is 2. The smallest absolute Gasteiger partial charge is 0.414 e. The van der Waals surface area contributed by atoms with Gasteiger partial charge in [-0.15, -0.1) is 0 Å². The van der Waals surface area contributed by atoms with Crippen LogP contribution >= 0.6 is 15.9 Å². The highest BCUT2D eigenvalue weighted by atomic mass is 79.9. The van der Waals surface area contributed by atoms with Gasteiger partial charge in [-0.3, -0.25) is 15.2 Å². The summed E-state index contributed by atoms with van der Waals surface area (Å²) in [4.78, 5) is 24.1. The van der Waals surface area contributed by atoms with Crippen molar-refractivity contribution in [3.63, 3.8) is 0 Å². The zero-order chi connectivity index (χ0) is 17.9. The molecule has 2 aromatic rings. The van der Waals surface area contributed by atoms with Crippen molar-refractivity contribution >= 4 is 38.8 Å². The number of fused-ring (bicyclic) bond motifs is 1. The number of ether oxygens (including phenoxy) is 1. The largest absolute Gasteiger partial charge is 0.444 e. The van der Waals surface area contributed by atoms with Crippen molar-refractivity contribution in [2.24, 2.45) is 0 Å². The average Bonchev–Trinajstić information content (AvgIpc) is 2.84. The van der Waals surface area contributed by atoms with Gasteiger partial charge in [0.1, 0.15) is 23.4 Å². The number of rotatable bonds is 1. The molecule has 3 N–H and O–H groups in total. The van der Waals surface area contributed by atoms with Gasteiger partial charge in [0, 0.05) is 9.86 Å². The number of aromatic amines is 1. The Morgan fingerprint density at radius 2 is 2.12 bits per heavy atom. The Hall–Kier alpha value is -2.37. The van der Waals surface area contributed by atoms with Crippen molar-refractivity contribution in [1.29, 1.82) is 0 Å². The van der Waals surface area contributed by atoms with E-state index < -0.39 is 17.6 Å². The molecule has 0 fully saturated rings. The van der Waals surface area contributed by atoms with E-state index in [4.69, 9.17) is 9.84 Å². The molecule has 1 aromatic heterocycles. The summed E-state index contributed by atoms with van der Waals surface area (Å²) in [7, 11) is 0. The molecule has 0 saturated heterocycles. The second-order valence-electron chi connectivity index (χ2n) is 5.86. The Kier molecular flexibility index (Phi) is 5.26. The molecule has 8 heteroatoms. The number of halogens is 1. The minimum atomic E-state index is -0.837. The summed E-state index contributed by atoms with van der Waals surface area (Å²) in [5.74, 6) is 4.60. The fourth-order valence-electron chi connectivity index (χ4n) is 1.94. The van der Waals surface area contributed by atoms with E-state index in [0.717, 1.165) is 0 Å². The van der Waals surface area contributed by atoms with Crippen molar-refractivity contribution < 1.29 is 19.4 Å². The lowest BCUT2D eigenvalue weighted by Gasteiger charge is -2.19. The predicted octanol–water partition coefficient (Wildman–Crippen LogP) is 2.33. The van der Waals surface area contributed by atoms with Crippen molar-refractivity contribution in [3.05, 3.63) is 27.9 Å². The van der Waals surface area contributed by atoms with Crippen LogP contribution in [0.3, 0.4) is 0 Å². The van der Waals surface area contributed by atoms with Crippen LogP contribution in [0.4, 0.5) is 4.79 Å². The number of benzene rings is 1. The first-order valence-electron chi connectivity index (χ1n) is 7.03. The Morgan fingerprint density at radius 1 is 1.42 bits per heavy atom. The van der Waals surface area contributed by atoms with Gasteiger partial charge in [0.15, 0.2) is 0 Å². The molecule has 126 valence electrons. The third kappa shape index (κ3) is 4.34. The van der Waals surface area contributed by atoms with Gasteiger partial charge in [-0.1, -0.05) is 21.9 Å². The fourth-order valence-corrected chi connectivity index (χ4v) is 2.40. The molecule has 0 aliphatic heterocycles. The van der Waals surface area contributed by atoms with Gasteiger partial charge in [-0.25, -0.2) is 4.79 Å². The monoisotopic (exact) mass is 393 g/mol. The number of carbonyl (C=O) groups is 2. The molecule has 0 unspecified atom stereocenters. The van der Waals surface area contributed by atoms with Crippen LogP contribution in [0.5, 0.6) is 0 Å². The van der Waals surface area contributed by atoms with Crippen molar-refractivity contribution in [3.8, 4) is 11.8 Å². The summed E-state index contributed by atoms with van der Waals surface area (Å²) in [6, 6.07) is 3.29. The van der Waals surface area contributed by atoms with E-state index in [0.29, 0.717) is 21.1 Å². The zero-order valence-electron chi connectivity index (χ0n) is 13.4. The van der Waals surface area contributed by atoms with Crippen LogP contribution in [0.2, 0.25) is 0 Å². The zero-order valence-corrected chi connectivity index (χ0v) is 14.9. The molecule has 2 amide bonds. The maximum absolute atomic E-state index is 12.4. The number of aliphatic hydroxyl groups is 1. The van der Waals surface area contributed by atoms with E-state index in [1.54, 1.807) is 32.9 Å². The summed E-state index contributed by atoms with van der Waals surface area (Å²) in [5, 5.41) is 18.3. The molecule has 0 bridgehead atoms. The van der Waals surface area contributed by atoms with Gasteiger partial charge < -0.3 is 9.84 Å². The van der Waals surface area contributed by atoms with Crippen molar-refractivity contribution in [2.75, 3.05) is 6.61 Å². The van der Waals surface area contributed by atoms with Crippen LogP contribution in [0, 0.1) is 11.8 Å². The number of aliphatic hydroxyl groups excluding tert-OH is 1.